The molecular formula is C15H23NO. The van der Waals surface area contributed by atoms with Gasteiger partial charge in [0.1, 0.15) is 5.75 Å². The van der Waals surface area contributed by atoms with Crippen LogP contribution in [0, 0.1) is 0 Å². The van der Waals surface area contributed by atoms with Crippen LogP contribution in [0.4, 0.5) is 0 Å². The van der Waals surface area contributed by atoms with E-state index >= 15 is 0 Å². The van der Waals surface area contributed by atoms with Gasteiger partial charge in [0.05, 0.1) is 6.10 Å². The van der Waals surface area contributed by atoms with Gasteiger partial charge in [0, 0.05) is 5.54 Å². The van der Waals surface area contributed by atoms with Crippen molar-refractivity contribution in [1.29, 1.82) is 0 Å². The van der Waals surface area contributed by atoms with Gasteiger partial charge in [0.2, 0.25) is 0 Å². The minimum atomic E-state index is 0.205. The molecule has 0 heterocycles. The molecule has 0 saturated heterocycles. The molecule has 0 radical (unpaired) electrons. The summed E-state index contributed by atoms with van der Waals surface area (Å²) in [6, 6.07) is 8.60. The predicted octanol–water partition coefficient (Wildman–Crippen LogP) is 3.46. The number of hydrogen-bond acceptors (Lipinski definition) is 2. The predicted molar refractivity (Wildman–Crippen MR) is 71.4 cm³/mol. The molecule has 1 N–H and O–H groups in total. The molecule has 2 nitrogen and oxygen atoms in total. The lowest BCUT2D eigenvalue weighted by atomic mass is 9.88. The lowest BCUT2D eigenvalue weighted by molar-refractivity contribution is 0.242. The summed E-state index contributed by atoms with van der Waals surface area (Å²) in [6.45, 7) is 4.11. The SMILES string of the molecule is CNC1(c2ccc(OC(C)C)cc2)CCCC1. The first-order chi connectivity index (χ1) is 8.16. The van der Waals surface area contributed by atoms with Crippen LogP contribution in [0.25, 0.3) is 0 Å². The highest BCUT2D eigenvalue weighted by atomic mass is 16.5. The van der Waals surface area contributed by atoms with Gasteiger partial charge in [-0.25, -0.2) is 0 Å². The van der Waals surface area contributed by atoms with Crippen molar-refractivity contribution in [3.05, 3.63) is 29.8 Å². The van der Waals surface area contributed by atoms with Gasteiger partial charge in [-0.2, -0.15) is 0 Å². The Morgan fingerprint density at radius 1 is 1.12 bits per heavy atom. The van der Waals surface area contributed by atoms with Gasteiger partial charge < -0.3 is 10.1 Å². The van der Waals surface area contributed by atoms with Crippen LogP contribution < -0.4 is 10.1 Å². The van der Waals surface area contributed by atoms with E-state index < -0.39 is 0 Å². The van der Waals surface area contributed by atoms with Crippen LogP contribution in [-0.2, 0) is 5.54 Å². The summed E-state index contributed by atoms with van der Waals surface area (Å²) in [5.41, 5.74) is 1.60. The molecule has 0 unspecified atom stereocenters. The highest BCUT2D eigenvalue weighted by Gasteiger charge is 2.33. The fourth-order valence-electron chi connectivity index (χ4n) is 2.79. The second-order valence-electron chi connectivity index (χ2n) is 5.23. The van der Waals surface area contributed by atoms with Gasteiger partial charge in [-0.3, -0.25) is 0 Å². The van der Waals surface area contributed by atoms with Crippen LogP contribution in [0.15, 0.2) is 24.3 Å². The van der Waals surface area contributed by atoms with Crippen LogP contribution in [-0.4, -0.2) is 13.2 Å². The average molecular weight is 233 g/mol. The topological polar surface area (TPSA) is 21.3 Å². The Hall–Kier alpha value is -1.02. The lowest BCUT2D eigenvalue weighted by Gasteiger charge is -2.29. The number of rotatable bonds is 4. The van der Waals surface area contributed by atoms with Gasteiger partial charge in [0.15, 0.2) is 0 Å². The van der Waals surface area contributed by atoms with E-state index in [1.807, 2.05) is 0 Å². The number of nitrogens with one attached hydrogen (secondary N) is 1. The van der Waals surface area contributed by atoms with Crippen molar-refractivity contribution >= 4 is 0 Å². The van der Waals surface area contributed by atoms with Gasteiger partial charge >= 0.3 is 0 Å². The third-order valence-corrected chi connectivity index (χ3v) is 3.71. The summed E-state index contributed by atoms with van der Waals surface area (Å²) in [7, 11) is 2.07. The van der Waals surface area contributed by atoms with Crippen LogP contribution in [0.5, 0.6) is 5.75 Å². The summed E-state index contributed by atoms with van der Waals surface area (Å²) >= 11 is 0. The maximum atomic E-state index is 5.68. The summed E-state index contributed by atoms with van der Waals surface area (Å²) in [5, 5.41) is 3.51. The molecule has 1 aliphatic carbocycles. The van der Waals surface area contributed by atoms with Crippen molar-refractivity contribution in [2.24, 2.45) is 0 Å². The molecule has 1 fully saturated rings. The summed E-state index contributed by atoms with van der Waals surface area (Å²) < 4.78 is 5.68. The Kier molecular flexibility index (Phi) is 3.72. The van der Waals surface area contributed by atoms with Gasteiger partial charge in [0.25, 0.3) is 0 Å². The van der Waals surface area contributed by atoms with Gasteiger partial charge in [-0.1, -0.05) is 25.0 Å². The van der Waals surface area contributed by atoms with E-state index in [1.54, 1.807) is 0 Å². The van der Waals surface area contributed by atoms with Crippen molar-refractivity contribution in [3.63, 3.8) is 0 Å². The third-order valence-electron chi connectivity index (χ3n) is 3.71. The lowest BCUT2D eigenvalue weighted by Crippen LogP contribution is -2.36. The highest BCUT2D eigenvalue weighted by Crippen LogP contribution is 2.38. The van der Waals surface area contributed by atoms with Gasteiger partial charge in [-0.05, 0) is 51.4 Å². The first-order valence-corrected chi connectivity index (χ1v) is 6.62. The second-order valence-corrected chi connectivity index (χ2v) is 5.23. The van der Waals surface area contributed by atoms with Crippen LogP contribution >= 0.6 is 0 Å². The zero-order valence-electron chi connectivity index (χ0n) is 11.1. The molecule has 0 atom stereocenters. The summed E-state index contributed by atoms with van der Waals surface area (Å²) in [5.74, 6) is 0.966. The Morgan fingerprint density at radius 3 is 2.18 bits per heavy atom. The smallest absolute Gasteiger partial charge is 0.119 e. The van der Waals surface area contributed by atoms with E-state index in [9.17, 15) is 0 Å². The van der Waals surface area contributed by atoms with E-state index in [2.05, 4.69) is 50.5 Å². The Balaban J connectivity index is 2.16. The van der Waals surface area contributed by atoms with E-state index in [0.717, 1.165) is 5.75 Å². The van der Waals surface area contributed by atoms with Gasteiger partial charge in [-0.15, -0.1) is 0 Å². The maximum Gasteiger partial charge on any atom is 0.119 e. The fourth-order valence-corrected chi connectivity index (χ4v) is 2.79. The minimum absolute atomic E-state index is 0.205. The standard InChI is InChI=1S/C15H23NO/c1-12(2)17-14-8-6-13(7-9-14)15(16-3)10-4-5-11-15/h6-9,12,16H,4-5,10-11H2,1-3H3. The molecule has 0 bridgehead atoms. The first-order valence-electron chi connectivity index (χ1n) is 6.62. The number of hydrogen-bond donors (Lipinski definition) is 1. The van der Waals surface area contributed by atoms with Crippen molar-refractivity contribution < 1.29 is 4.74 Å². The molecule has 0 amide bonds. The Labute approximate surface area is 104 Å². The molecule has 0 aliphatic heterocycles. The first kappa shape index (κ1) is 12.4. The molecule has 2 heteroatoms. The Morgan fingerprint density at radius 2 is 1.71 bits per heavy atom. The monoisotopic (exact) mass is 233 g/mol. The fraction of sp³-hybridized carbons (Fsp3) is 0.600. The molecule has 94 valence electrons. The molecule has 1 aliphatic rings. The second kappa shape index (κ2) is 5.09. The van der Waals surface area contributed by atoms with E-state index in [1.165, 1.54) is 31.2 Å². The molecule has 1 aromatic rings. The molecule has 1 aromatic carbocycles. The van der Waals surface area contributed by atoms with Crippen molar-refractivity contribution in [2.45, 2.75) is 51.2 Å². The molecular weight excluding hydrogens is 210 g/mol. The van der Waals surface area contributed by atoms with E-state index in [4.69, 9.17) is 4.74 Å². The van der Waals surface area contributed by atoms with Crippen LogP contribution in [0.1, 0.15) is 45.1 Å². The zero-order valence-corrected chi connectivity index (χ0v) is 11.1. The molecule has 2 rings (SSSR count). The van der Waals surface area contributed by atoms with Crippen LogP contribution in [0.2, 0.25) is 0 Å². The van der Waals surface area contributed by atoms with Crippen molar-refractivity contribution in [1.82, 2.24) is 5.32 Å². The maximum absolute atomic E-state index is 5.68. The van der Waals surface area contributed by atoms with Crippen molar-refractivity contribution in [2.75, 3.05) is 7.05 Å². The quantitative estimate of drug-likeness (QED) is 0.860. The molecule has 1 saturated carbocycles. The largest absolute Gasteiger partial charge is 0.491 e. The molecule has 0 spiro atoms. The normalized spacial score (nSPS) is 18.6. The molecule has 17 heavy (non-hydrogen) atoms. The highest BCUT2D eigenvalue weighted by molar-refractivity contribution is 5.32. The number of benzene rings is 1. The minimum Gasteiger partial charge on any atom is -0.491 e. The van der Waals surface area contributed by atoms with E-state index in [0.29, 0.717) is 0 Å². The Bertz CT molecular complexity index is 350. The molecule has 0 aromatic heterocycles. The van der Waals surface area contributed by atoms with Crippen molar-refractivity contribution in [3.8, 4) is 5.75 Å². The zero-order chi connectivity index (χ0) is 12.3. The number of ether oxygens (including phenoxy) is 1. The van der Waals surface area contributed by atoms with E-state index in [-0.39, 0.29) is 11.6 Å². The third kappa shape index (κ3) is 2.63. The summed E-state index contributed by atoms with van der Waals surface area (Å²) in [4.78, 5) is 0. The van der Waals surface area contributed by atoms with Crippen LogP contribution in [0.3, 0.4) is 0 Å². The average Bonchev–Trinajstić information content (AvgIpc) is 2.79. The summed E-state index contributed by atoms with van der Waals surface area (Å²) in [6.07, 6.45) is 5.38.